The van der Waals surface area contributed by atoms with Crippen molar-refractivity contribution in [2.75, 3.05) is 0 Å². The summed E-state index contributed by atoms with van der Waals surface area (Å²) in [6.45, 7) is 4.00. The third kappa shape index (κ3) is 3.60. The lowest BCUT2D eigenvalue weighted by atomic mass is 11.0. The van der Waals surface area contributed by atoms with Gasteiger partial charge >= 0.3 is 0 Å². The van der Waals surface area contributed by atoms with Crippen molar-refractivity contribution in [1.29, 1.82) is 5.59 Å². The summed E-state index contributed by atoms with van der Waals surface area (Å²) in [5, 5.41) is 0. The van der Waals surface area contributed by atoms with Gasteiger partial charge in [0.25, 0.3) is 0 Å². The molecule has 0 aliphatic carbocycles. The van der Waals surface area contributed by atoms with E-state index in [9.17, 15) is 0 Å². The molecule has 2 nitrogen and oxygen atoms in total. The van der Waals surface area contributed by atoms with Gasteiger partial charge in [0, 0.05) is 0 Å². The standard InChI is InChI=1S/C2H6.HNO/c2*1-2/h1-2H3;1H. The summed E-state index contributed by atoms with van der Waals surface area (Å²) in [6, 6.07) is 0. The maximum atomic E-state index is 7.50. The third-order valence-electron chi connectivity index (χ3n) is 0. The fraction of sp³-hybridized carbons (Fsp3) is 1.00. The van der Waals surface area contributed by atoms with Crippen LogP contribution >= 0.6 is 0 Å². The number of nitrogens with one attached hydrogen (secondary N) is 1. The van der Waals surface area contributed by atoms with Crippen molar-refractivity contribution >= 4 is 0 Å². The predicted molar refractivity (Wildman–Crippen MR) is 17.4 cm³/mol. The van der Waals surface area contributed by atoms with E-state index in [1.807, 2.05) is 13.8 Å². The normalized spacial score (nSPS) is 2.50. The fourth-order valence-corrected chi connectivity index (χ4v) is 0. The zero-order valence-corrected chi connectivity index (χ0v) is 2.91. The van der Waals surface area contributed by atoms with Crippen molar-refractivity contribution in [3.63, 3.8) is 0 Å². The highest BCUT2D eigenvalue weighted by Gasteiger charge is 0.932. The molecule has 26 valence electrons. The maximum Gasteiger partial charge on any atom is -0.0683 e. The van der Waals surface area contributed by atoms with Gasteiger partial charge in [0.05, 0.1) is 0 Å². The lowest BCUT2D eigenvalue weighted by Gasteiger charge is -1.07. The largest absolute Gasteiger partial charge is 0.154 e. The van der Waals surface area contributed by atoms with Crippen LogP contribution in [0.3, 0.4) is 0 Å². The van der Waals surface area contributed by atoms with Gasteiger partial charge in [0.15, 0.2) is 0 Å². The molecule has 0 aromatic heterocycles. The van der Waals surface area contributed by atoms with E-state index >= 15 is 0 Å². The van der Waals surface area contributed by atoms with Crippen molar-refractivity contribution < 1.29 is 0 Å². The molecule has 0 spiro atoms. The molecule has 0 aromatic rings. The van der Waals surface area contributed by atoms with Gasteiger partial charge in [-0.2, -0.15) is 4.91 Å². The third-order valence-corrected chi connectivity index (χ3v) is 0. The fourth-order valence-electron chi connectivity index (χ4n) is 0. The molecule has 0 heterocycles. The van der Waals surface area contributed by atoms with Gasteiger partial charge in [-0.1, -0.05) is 19.4 Å². The molecule has 0 fully saturated rings. The average Bonchev–Trinajstić information content (AvgIpc) is 1.50. The number of rotatable bonds is 0. The van der Waals surface area contributed by atoms with Crippen LogP contribution in [0.1, 0.15) is 13.8 Å². The molecule has 0 radical (unpaired) electrons. The second-order valence-electron chi connectivity index (χ2n) is 0. The summed E-state index contributed by atoms with van der Waals surface area (Å²) in [7, 11) is 0. The van der Waals surface area contributed by atoms with Gasteiger partial charge in [-0.15, -0.1) is 0 Å². The quantitative estimate of drug-likeness (QED) is 0.422. The topological polar surface area (TPSA) is 40.9 Å². The highest BCUT2D eigenvalue weighted by Crippen LogP contribution is 1.14. The van der Waals surface area contributed by atoms with Crippen LogP contribution < -0.4 is 0 Å². The van der Waals surface area contributed by atoms with Crippen molar-refractivity contribution in [1.82, 2.24) is 0 Å². The van der Waals surface area contributed by atoms with Crippen LogP contribution in [-0.2, 0) is 0 Å². The molecular formula is C2H7NO. The zero-order valence-electron chi connectivity index (χ0n) is 2.91. The molecule has 0 amide bonds. The second-order valence-corrected chi connectivity index (χ2v) is 0. The first kappa shape index (κ1) is 9.51. The van der Waals surface area contributed by atoms with Crippen LogP contribution in [0.5, 0.6) is 0 Å². The smallest absolute Gasteiger partial charge is 0.0683 e. The van der Waals surface area contributed by atoms with Gasteiger partial charge in [-0.25, -0.2) is 0 Å². The Hall–Kier alpha value is -0.400. The Balaban J connectivity index is 0. The molecule has 0 unspecified atom stereocenters. The summed E-state index contributed by atoms with van der Waals surface area (Å²) >= 11 is 0. The van der Waals surface area contributed by atoms with E-state index in [0.29, 0.717) is 0 Å². The molecule has 0 saturated heterocycles. The Bertz CT molecular complexity index is 6.00. The van der Waals surface area contributed by atoms with Gasteiger partial charge < -0.3 is 0 Å². The minimum Gasteiger partial charge on any atom is -0.154 e. The summed E-state index contributed by atoms with van der Waals surface area (Å²) in [4.78, 5) is 7.50. The highest BCUT2D eigenvalue weighted by atomic mass is 16.2. The molecule has 0 aliphatic heterocycles. The molecule has 0 saturated carbocycles. The number of hydrogen-bond acceptors (Lipinski definition) is 2. The molecule has 0 aromatic carbocycles. The maximum absolute atomic E-state index is 7.50. The first-order valence-corrected chi connectivity index (χ1v) is 1.20. The summed E-state index contributed by atoms with van der Waals surface area (Å²) in [5.41, 5.74) is 4.50. The molecule has 0 rings (SSSR count). The van der Waals surface area contributed by atoms with Gasteiger partial charge in [-0.05, 0) is 0 Å². The Labute approximate surface area is 25.6 Å². The van der Waals surface area contributed by atoms with Crippen molar-refractivity contribution in [2.24, 2.45) is 0 Å². The Morgan fingerprint density at radius 1 is 1.25 bits per heavy atom. The van der Waals surface area contributed by atoms with E-state index in [-0.39, 0.29) is 0 Å². The lowest BCUT2D eigenvalue weighted by Crippen LogP contribution is -0.856. The average molecular weight is 61.1 g/mol. The van der Waals surface area contributed by atoms with E-state index in [1.54, 1.807) is 0 Å². The van der Waals surface area contributed by atoms with Crippen molar-refractivity contribution in [2.45, 2.75) is 13.8 Å². The number of nitroso groups, excluding NO2 is 1. The molecular weight excluding hydrogens is 54.0 g/mol. The van der Waals surface area contributed by atoms with E-state index in [1.165, 1.54) is 0 Å². The van der Waals surface area contributed by atoms with Gasteiger partial charge in [0.2, 0.25) is 0 Å². The molecule has 0 aliphatic rings. The van der Waals surface area contributed by atoms with Gasteiger partial charge in [0.1, 0.15) is 0 Å². The summed E-state index contributed by atoms with van der Waals surface area (Å²) in [6.07, 6.45) is 0. The highest BCUT2D eigenvalue weighted by molar-refractivity contribution is 3.63. The summed E-state index contributed by atoms with van der Waals surface area (Å²) < 4.78 is 0. The molecule has 0 bridgehead atoms. The number of hydrogen-bond donors (Lipinski definition) is 1. The minimum atomic E-state index is 2.00. The Morgan fingerprint density at radius 3 is 1.25 bits per heavy atom. The summed E-state index contributed by atoms with van der Waals surface area (Å²) in [5.74, 6) is 0. The Kier molecular flexibility index (Phi) is 98.9. The molecule has 0 atom stereocenters. The predicted octanol–water partition coefficient (Wildman–Crippen LogP) is 1.36. The molecule has 4 heavy (non-hydrogen) atoms. The van der Waals surface area contributed by atoms with E-state index in [0.717, 1.165) is 0 Å². The van der Waals surface area contributed by atoms with Crippen molar-refractivity contribution in [3.8, 4) is 0 Å². The second kappa shape index (κ2) is 41.6. The minimum absolute atomic E-state index is 2.00. The van der Waals surface area contributed by atoms with Crippen LogP contribution in [0.2, 0.25) is 0 Å². The Morgan fingerprint density at radius 2 is 1.25 bits per heavy atom. The van der Waals surface area contributed by atoms with E-state index < -0.39 is 0 Å². The zero-order chi connectivity index (χ0) is 4.00. The van der Waals surface area contributed by atoms with Crippen LogP contribution in [0.4, 0.5) is 0 Å². The van der Waals surface area contributed by atoms with Crippen LogP contribution in [0.25, 0.3) is 0 Å². The van der Waals surface area contributed by atoms with E-state index in [4.69, 9.17) is 4.91 Å². The molecule has 2 heteroatoms. The first-order valence-electron chi connectivity index (χ1n) is 1.20. The van der Waals surface area contributed by atoms with Crippen LogP contribution in [-0.4, -0.2) is 0 Å². The van der Waals surface area contributed by atoms with Crippen LogP contribution in [0, 0.1) is 10.5 Å². The van der Waals surface area contributed by atoms with Gasteiger partial charge in [-0.3, -0.25) is 0 Å². The van der Waals surface area contributed by atoms with Crippen LogP contribution in [0.15, 0.2) is 0 Å². The molecule has 1 N–H and O–H groups in total. The van der Waals surface area contributed by atoms with E-state index in [2.05, 4.69) is 5.59 Å². The SMILES string of the molecule is CC.N=O. The first-order chi connectivity index (χ1) is 2.00. The monoisotopic (exact) mass is 61.1 g/mol. The lowest BCUT2D eigenvalue weighted by molar-refractivity contribution is 1.49. The van der Waals surface area contributed by atoms with Crippen molar-refractivity contribution in [3.05, 3.63) is 4.91 Å².